The Hall–Kier alpha value is -3.71. The number of carbonyl (C=O) groups is 1. The zero-order valence-corrected chi connectivity index (χ0v) is 22.9. The second kappa shape index (κ2) is 10.2. The number of hydrogen-bond acceptors (Lipinski definition) is 4. The first kappa shape index (κ1) is 24.6. The number of nitrogens with one attached hydrogen (secondary N) is 1. The van der Waals surface area contributed by atoms with E-state index in [-0.39, 0.29) is 12.1 Å². The largest absolute Gasteiger partial charge is 0.497 e. The van der Waals surface area contributed by atoms with Crippen molar-refractivity contribution in [3.63, 3.8) is 0 Å². The summed E-state index contributed by atoms with van der Waals surface area (Å²) in [5.74, 6) is 1.25. The normalized spacial score (nSPS) is 16.2. The van der Waals surface area contributed by atoms with E-state index in [0.717, 1.165) is 30.5 Å². The third-order valence-electron chi connectivity index (χ3n) is 7.79. The first-order chi connectivity index (χ1) is 18.6. The summed E-state index contributed by atoms with van der Waals surface area (Å²) >= 11 is 1.90. The zero-order chi connectivity index (χ0) is 26.2. The number of fused-ring (bicyclic) bond motifs is 5. The lowest BCUT2D eigenvalue weighted by Gasteiger charge is -2.31. The lowest BCUT2D eigenvalue weighted by atomic mass is 9.95. The summed E-state index contributed by atoms with van der Waals surface area (Å²) < 4.78 is 13.3. The molecule has 0 saturated carbocycles. The second-order valence-electron chi connectivity index (χ2n) is 9.92. The Labute approximate surface area is 227 Å². The van der Waals surface area contributed by atoms with Crippen LogP contribution in [-0.4, -0.2) is 29.7 Å². The Morgan fingerprint density at radius 2 is 1.84 bits per heavy atom. The van der Waals surface area contributed by atoms with Gasteiger partial charge in [0.15, 0.2) is 0 Å². The highest BCUT2D eigenvalue weighted by Crippen LogP contribution is 2.44. The van der Waals surface area contributed by atoms with Gasteiger partial charge in [-0.05, 0) is 73.1 Å². The highest BCUT2D eigenvalue weighted by atomic mass is 32.1. The summed E-state index contributed by atoms with van der Waals surface area (Å²) in [4.78, 5) is 17.7. The zero-order valence-electron chi connectivity index (χ0n) is 22.1. The molecule has 6 rings (SSSR count). The lowest BCUT2D eigenvalue weighted by Crippen LogP contribution is -2.38. The van der Waals surface area contributed by atoms with Gasteiger partial charge in [-0.15, -0.1) is 11.3 Å². The fourth-order valence-corrected chi connectivity index (χ4v) is 7.18. The van der Waals surface area contributed by atoms with Crippen LogP contribution < -0.4 is 14.8 Å². The minimum absolute atomic E-state index is 0.169. The van der Waals surface area contributed by atoms with E-state index in [2.05, 4.69) is 59.4 Å². The molecule has 1 aliphatic carbocycles. The molecule has 38 heavy (non-hydrogen) atoms. The topological polar surface area (TPSA) is 55.7 Å². The molecule has 1 atom stereocenters. The third kappa shape index (κ3) is 4.25. The molecule has 196 valence electrons. The van der Waals surface area contributed by atoms with Gasteiger partial charge >= 0.3 is 6.03 Å². The van der Waals surface area contributed by atoms with Crippen LogP contribution in [0.4, 0.5) is 10.5 Å². The summed E-state index contributed by atoms with van der Waals surface area (Å²) in [7, 11) is 3.23. The number of ether oxygens (including phenoxy) is 2. The van der Waals surface area contributed by atoms with Crippen molar-refractivity contribution < 1.29 is 14.3 Å². The molecule has 2 aromatic carbocycles. The molecular weight excluding hydrogens is 494 g/mol. The van der Waals surface area contributed by atoms with E-state index >= 15 is 0 Å². The molecule has 0 spiro atoms. The van der Waals surface area contributed by atoms with Crippen LogP contribution in [0.15, 0.2) is 60.8 Å². The number of hydrogen-bond donors (Lipinski definition) is 1. The second-order valence-corrected chi connectivity index (χ2v) is 11.0. The SMILES string of the molecule is CCc1ccc(C2c3cccn3-c3sc4c(c3CN2C(=O)Nc2cc(OC)ccc2OC)CCCC4)cc1. The quantitative estimate of drug-likeness (QED) is 0.300. The minimum atomic E-state index is -0.244. The number of nitrogens with zero attached hydrogens (tertiary/aromatic N) is 2. The van der Waals surface area contributed by atoms with Gasteiger partial charge in [0.2, 0.25) is 0 Å². The van der Waals surface area contributed by atoms with Crippen molar-refractivity contribution >= 4 is 23.1 Å². The van der Waals surface area contributed by atoms with Crippen molar-refractivity contribution in [3.8, 4) is 16.5 Å². The van der Waals surface area contributed by atoms with Gasteiger partial charge in [0.05, 0.1) is 38.2 Å². The van der Waals surface area contributed by atoms with Crippen LogP contribution in [0.1, 0.15) is 58.6 Å². The van der Waals surface area contributed by atoms with E-state index < -0.39 is 0 Å². The van der Waals surface area contributed by atoms with Crippen LogP contribution in [0.3, 0.4) is 0 Å². The van der Waals surface area contributed by atoms with Gasteiger partial charge in [0.1, 0.15) is 16.5 Å². The fraction of sp³-hybridized carbons (Fsp3) is 0.323. The van der Waals surface area contributed by atoms with Crippen molar-refractivity contribution in [1.82, 2.24) is 9.47 Å². The van der Waals surface area contributed by atoms with Crippen molar-refractivity contribution in [3.05, 3.63) is 93.6 Å². The number of amides is 2. The van der Waals surface area contributed by atoms with Gasteiger partial charge in [-0.1, -0.05) is 31.2 Å². The summed E-state index contributed by atoms with van der Waals surface area (Å²) in [6.45, 7) is 2.70. The number of aromatic nitrogens is 1. The molecule has 2 amide bonds. The summed E-state index contributed by atoms with van der Waals surface area (Å²) in [5, 5.41) is 4.41. The Bertz CT molecular complexity index is 1470. The molecule has 0 radical (unpaired) electrons. The van der Waals surface area contributed by atoms with Crippen molar-refractivity contribution in [1.29, 1.82) is 0 Å². The van der Waals surface area contributed by atoms with E-state index in [1.54, 1.807) is 20.3 Å². The Balaban J connectivity index is 1.48. The molecule has 1 unspecified atom stereocenters. The van der Waals surface area contributed by atoms with Crippen LogP contribution in [0.25, 0.3) is 5.00 Å². The van der Waals surface area contributed by atoms with Gasteiger partial charge in [-0.2, -0.15) is 0 Å². The van der Waals surface area contributed by atoms with E-state index in [9.17, 15) is 4.79 Å². The third-order valence-corrected chi connectivity index (χ3v) is 9.13. The molecular formula is C31H33N3O3S. The predicted molar refractivity (Wildman–Crippen MR) is 152 cm³/mol. The molecule has 2 aromatic heterocycles. The van der Waals surface area contributed by atoms with Crippen molar-refractivity contribution in [2.24, 2.45) is 0 Å². The number of thiophene rings is 1. The molecule has 4 aromatic rings. The Morgan fingerprint density at radius 1 is 1.03 bits per heavy atom. The van der Waals surface area contributed by atoms with Crippen LogP contribution in [-0.2, 0) is 25.8 Å². The lowest BCUT2D eigenvalue weighted by molar-refractivity contribution is 0.194. The summed E-state index contributed by atoms with van der Waals surface area (Å²) in [5.41, 5.74) is 6.78. The number of anilines is 1. The molecule has 7 heteroatoms. The summed E-state index contributed by atoms with van der Waals surface area (Å²) in [6.07, 6.45) is 7.76. The number of urea groups is 1. The predicted octanol–water partition coefficient (Wildman–Crippen LogP) is 7.13. The molecule has 6 nitrogen and oxygen atoms in total. The molecule has 2 aliphatic rings. The molecule has 0 bridgehead atoms. The van der Waals surface area contributed by atoms with E-state index in [4.69, 9.17) is 9.47 Å². The van der Waals surface area contributed by atoms with Crippen LogP contribution in [0, 0.1) is 0 Å². The number of aryl methyl sites for hydroxylation is 2. The monoisotopic (exact) mass is 527 g/mol. The van der Waals surface area contributed by atoms with Gasteiger partial charge in [0.25, 0.3) is 0 Å². The first-order valence-electron chi connectivity index (χ1n) is 13.3. The first-order valence-corrected chi connectivity index (χ1v) is 14.1. The van der Waals surface area contributed by atoms with Gasteiger partial charge in [-0.25, -0.2) is 4.79 Å². The maximum Gasteiger partial charge on any atom is 0.323 e. The van der Waals surface area contributed by atoms with Gasteiger partial charge < -0.3 is 24.3 Å². The average Bonchev–Trinajstić information content (AvgIpc) is 3.55. The van der Waals surface area contributed by atoms with Crippen molar-refractivity contribution in [2.45, 2.75) is 51.6 Å². The maximum absolute atomic E-state index is 14.2. The standard InChI is InChI=1S/C31H33N3O3S/c1-4-20-11-13-21(14-12-20)29-26-9-7-17-33(26)30-24(23-8-5-6-10-28(23)38-30)19-34(29)31(35)32-25-18-22(36-2)15-16-27(25)37-3/h7,9,11-18,29H,4-6,8,10,19H2,1-3H3,(H,32,35). The molecule has 3 heterocycles. The highest BCUT2D eigenvalue weighted by Gasteiger charge is 2.36. The minimum Gasteiger partial charge on any atom is -0.497 e. The Kier molecular flexibility index (Phi) is 6.62. The fourth-order valence-electron chi connectivity index (χ4n) is 5.77. The van der Waals surface area contributed by atoms with Crippen LogP contribution in [0.5, 0.6) is 11.5 Å². The average molecular weight is 528 g/mol. The maximum atomic E-state index is 14.2. The molecule has 0 fully saturated rings. The molecule has 1 N–H and O–H groups in total. The number of carbonyl (C=O) groups excluding carboxylic acids is 1. The Morgan fingerprint density at radius 3 is 2.61 bits per heavy atom. The number of benzene rings is 2. The molecule has 0 saturated heterocycles. The van der Waals surface area contributed by atoms with Crippen LogP contribution in [0.2, 0.25) is 0 Å². The van der Waals surface area contributed by atoms with E-state index in [1.807, 2.05) is 28.4 Å². The van der Waals surface area contributed by atoms with Crippen LogP contribution >= 0.6 is 11.3 Å². The van der Waals surface area contributed by atoms with E-state index in [1.165, 1.54) is 39.4 Å². The van der Waals surface area contributed by atoms with Crippen molar-refractivity contribution in [2.75, 3.05) is 19.5 Å². The number of methoxy groups -OCH3 is 2. The van der Waals surface area contributed by atoms with E-state index in [0.29, 0.717) is 23.7 Å². The summed E-state index contributed by atoms with van der Waals surface area (Å²) in [6, 6.07) is 18.0. The highest BCUT2D eigenvalue weighted by molar-refractivity contribution is 7.15. The smallest absolute Gasteiger partial charge is 0.323 e. The number of rotatable bonds is 5. The van der Waals surface area contributed by atoms with Gasteiger partial charge in [-0.3, -0.25) is 0 Å². The molecule has 1 aliphatic heterocycles. The van der Waals surface area contributed by atoms with Gasteiger partial charge in [0, 0.05) is 22.7 Å².